The summed E-state index contributed by atoms with van der Waals surface area (Å²) in [6.45, 7) is 3.94. The normalized spacial score (nSPS) is 11.7. The van der Waals surface area contributed by atoms with Crippen LogP contribution in [0, 0.1) is 0 Å². The third-order valence-corrected chi connectivity index (χ3v) is 4.85. The number of rotatable bonds is 5. The van der Waals surface area contributed by atoms with E-state index < -0.39 is 11.7 Å². The van der Waals surface area contributed by atoms with Gasteiger partial charge in [0, 0.05) is 10.8 Å². The molecule has 0 fully saturated rings. The summed E-state index contributed by atoms with van der Waals surface area (Å²) >= 11 is 2.32. The molecule has 2 rings (SSSR count). The number of aromatic nitrogens is 2. The van der Waals surface area contributed by atoms with Crippen LogP contribution in [0.25, 0.3) is 0 Å². The summed E-state index contributed by atoms with van der Waals surface area (Å²) in [6.07, 6.45) is -4.39. The van der Waals surface area contributed by atoms with Gasteiger partial charge < -0.3 is 0 Å². The zero-order valence-electron chi connectivity index (χ0n) is 12.3. The van der Waals surface area contributed by atoms with E-state index >= 15 is 0 Å². The smallest absolute Gasteiger partial charge is 0.300 e. The zero-order chi connectivity index (χ0) is 17.0. The van der Waals surface area contributed by atoms with Gasteiger partial charge in [0.1, 0.15) is 5.01 Å². The van der Waals surface area contributed by atoms with Gasteiger partial charge in [-0.05, 0) is 18.2 Å². The number of carbonyl (C=O) groups is 1. The van der Waals surface area contributed by atoms with E-state index in [0.717, 1.165) is 28.9 Å². The summed E-state index contributed by atoms with van der Waals surface area (Å²) in [6, 6.07) is 4.89. The van der Waals surface area contributed by atoms with Crippen molar-refractivity contribution < 1.29 is 18.0 Å². The first kappa shape index (κ1) is 17.7. The number of hydrogen-bond donors (Lipinski definition) is 1. The van der Waals surface area contributed by atoms with E-state index in [1.807, 2.05) is 13.8 Å². The van der Waals surface area contributed by atoms with Crippen LogP contribution < -0.4 is 5.32 Å². The van der Waals surface area contributed by atoms with Crippen LogP contribution in [-0.4, -0.2) is 21.9 Å². The highest BCUT2D eigenvalue weighted by atomic mass is 32.2. The molecule has 0 unspecified atom stereocenters. The Morgan fingerprint density at radius 3 is 2.70 bits per heavy atom. The Morgan fingerprint density at radius 1 is 1.35 bits per heavy atom. The molecule has 1 heterocycles. The summed E-state index contributed by atoms with van der Waals surface area (Å²) in [5.74, 6) is -0.116. The molecule has 4 nitrogen and oxygen atoms in total. The molecule has 0 saturated carbocycles. The van der Waals surface area contributed by atoms with Crippen LogP contribution in [0.3, 0.4) is 0 Å². The van der Waals surface area contributed by atoms with Gasteiger partial charge in [0.15, 0.2) is 0 Å². The third-order valence-electron chi connectivity index (χ3n) is 2.71. The van der Waals surface area contributed by atoms with Crippen molar-refractivity contribution in [2.45, 2.75) is 30.8 Å². The van der Waals surface area contributed by atoms with Gasteiger partial charge in [0.05, 0.1) is 11.3 Å². The summed E-state index contributed by atoms with van der Waals surface area (Å²) in [4.78, 5) is 12.2. The molecule has 0 aliphatic rings. The van der Waals surface area contributed by atoms with Gasteiger partial charge in [0.25, 0.3) is 0 Å². The maximum atomic E-state index is 12.6. The molecule has 1 aromatic carbocycles. The fraction of sp³-hybridized carbons (Fsp3) is 0.357. The monoisotopic (exact) mass is 361 g/mol. The van der Waals surface area contributed by atoms with Crippen LogP contribution in [0.1, 0.15) is 30.3 Å². The van der Waals surface area contributed by atoms with Crippen molar-refractivity contribution >= 4 is 34.1 Å². The van der Waals surface area contributed by atoms with E-state index in [1.165, 1.54) is 23.5 Å². The molecule has 0 saturated heterocycles. The second-order valence-corrected chi connectivity index (χ2v) is 7.02. The molecule has 124 valence electrons. The largest absolute Gasteiger partial charge is 0.416 e. The number of hydrogen-bond acceptors (Lipinski definition) is 5. The maximum Gasteiger partial charge on any atom is 0.416 e. The van der Waals surface area contributed by atoms with Gasteiger partial charge in [-0.3, -0.25) is 10.1 Å². The third kappa shape index (κ3) is 5.21. The lowest BCUT2D eigenvalue weighted by atomic mass is 10.2. The lowest BCUT2D eigenvalue weighted by Crippen LogP contribution is -2.13. The van der Waals surface area contributed by atoms with E-state index in [2.05, 4.69) is 15.5 Å². The zero-order valence-corrected chi connectivity index (χ0v) is 14.0. The van der Waals surface area contributed by atoms with Crippen LogP contribution in [0.4, 0.5) is 18.3 Å². The number of halogens is 3. The number of amides is 1. The van der Waals surface area contributed by atoms with E-state index in [9.17, 15) is 18.0 Å². The van der Waals surface area contributed by atoms with E-state index in [1.54, 1.807) is 0 Å². The number of alkyl halides is 3. The fourth-order valence-corrected chi connectivity index (χ4v) is 3.10. The van der Waals surface area contributed by atoms with Gasteiger partial charge in [-0.25, -0.2) is 0 Å². The second kappa shape index (κ2) is 7.31. The molecule has 0 spiro atoms. The van der Waals surface area contributed by atoms with Crippen LogP contribution in [0.2, 0.25) is 0 Å². The first-order chi connectivity index (χ1) is 10.8. The van der Waals surface area contributed by atoms with Crippen LogP contribution in [0.5, 0.6) is 0 Å². The Hall–Kier alpha value is -1.61. The first-order valence-electron chi connectivity index (χ1n) is 6.69. The van der Waals surface area contributed by atoms with Crippen LogP contribution in [-0.2, 0) is 11.0 Å². The Kier molecular flexibility index (Phi) is 5.64. The molecule has 2 aromatic rings. The highest BCUT2D eigenvalue weighted by Crippen LogP contribution is 2.32. The number of nitrogens with one attached hydrogen (secondary N) is 1. The first-order valence-corrected chi connectivity index (χ1v) is 8.49. The van der Waals surface area contributed by atoms with Crippen molar-refractivity contribution in [2.75, 3.05) is 11.1 Å². The minimum absolute atomic E-state index is 0.00208. The highest BCUT2D eigenvalue weighted by molar-refractivity contribution is 8.00. The average molecular weight is 361 g/mol. The predicted molar refractivity (Wildman–Crippen MR) is 84.8 cm³/mol. The van der Waals surface area contributed by atoms with Gasteiger partial charge in [-0.1, -0.05) is 31.3 Å². The standard InChI is InChI=1S/C14H14F3N3OS2/c1-8(2)12-19-20-13(23-12)18-11(21)7-22-10-5-3-4-9(6-10)14(15,16)17/h3-6,8H,7H2,1-2H3,(H,18,20,21). The Labute approximate surface area is 139 Å². The van der Waals surface area contributed by atoms with E-state index in [4.69, 9.17) is 0 Å². The average Bonchev–Trinajstić information content (AvgIpc) is 2.93. The molecule has 0 aliphatic carbocycles. The van der Waals surface area contributed by atoms with Crippen LogP contribution >= 0.6 is 23.1 Å². The quantitative estimate of drug-likeness (QED) is 0.802. The number of carbonyl (C=O) groups excluding carboxylic acids is 1. The molecule has 0 radical (unpaired) electrons. The molecule has 23 heavy (non-hydrogen) atoms. The van der Waals surface area contributed by atoms with E-state index in [0.29, 0.717) is 10.0 Å². The van der Waals surface area contributed by atoms with Gasteiger partial charge >= 0.3 is 6.18 Å². The van der Waals surface area contributed by atoms with E-state index in [-0.39, 0.29) is 17.6 Å². The SMILES string of the molecule is CC(C)c1nnc(NC(=O)CSc2cccc(C(F)(F)F)c2)s1. The summed E-state index contributed by atoms with van der Waals surface area (Å²) in [7, 11) is 0. The molecule has 0 aliphatic heterocycles. The van der Waals surface area contributed by atoms with Gasteiger partial charge in [-0.2, -0.15) is 13.2 Å². The minimum Gasteiger partial charge on any atom is -0.300 e. The number of anilines is 1. The van der Waals surface area contributed by atoms with Crippen molar-refractivity contribution in [3.63, 3.8) is 0 Å². The number of benzene rings is 1. The topological polar surface area (TPSA) is 54.9 Å². The van der Waals surface area contributed by atoms with Crippen molar-refractivity contribution in [3.8, 4) is 0 Å². The number of nitrogens with zero attached hydrogens (tertiary/aromatic N) is 2. The molecular weight excluding hydrogens is 347 g/mol. The van der Waals surface area contributed by atoms with Crippen molar-refractivity contribution in [2.24, 2.45) is 0 Å². The Bertz CT molecular complexity index is 686. The molecule has 0 atom stereocenters. The second-order valence-electron chi connectivity index (χ2n) is 4.96. The van der Waals surface area contributed by atoms with Gasteiger partial charge in [-0.15, -0.1) is 22.0 Å². The molecule has 1 amide bonds. The summed E-state index contributed by atoms with van der Waals surface area (Å²) in [5, 5.41) is 11.6. The molecular formula is C14H14F3N3OS2. The van der Waals surface area contributed by atoms with Crippen molar-refractivity contribution in [3.05, 3.63) is 34.8 Å². The molecule has 0 bridgehead atoms. The minimum atomic E-state index is -4.39. The number of thioether (sulfide) groups is 1. The lowest BCUT2D eigenvalue weighted by molar-refractivity contribution is -0.137. The highest BCUT2D eigenvalue weighted by Gasteiger charge is 2.30. The summed E-state index contributed by atoms with van der Waals surface area (Å²) in [5.41, 5.74) is -0.728. The van der Waals surface area contributed by atoms with Gasteiger partial charge in [0.2, 0.25) is 11.0 Å². The Morgan fingerprint density at radius 2 is 2.09 bits per heavy atom. The molecule has 1 N–H and O–H groups in total. The van der Waals surface area contributed by atoms with Crippen molar-refractivity contribution in [1.82, 2.24) is 10.2 Å². The fourth-order valence-electron chi connectivity index (χ4n) is 1.58. The van der Waals surface area contributed by atoms with Crippen LogP contribution in [0.15, 0.2) is 29.2 Å². The van der Waals surface area contributed by atoms with Crippen molar-refractivity contribution in [1.29, 1.82) is 0 Å². The molecule has 1 aromatic heterocycles. The Balaban J connectivity index is 1.91. The maximum absolute atomic E-state index is 12.6. The lowest BCUT2D eigenvalue weighted by Gasteiger charge is -2.08. The molecule has 9 heteroatoms. The predicted octanol–water partition coefficient (Wildman–Crippen LogP) is 4.41. The summed E-state index contributed by atoms with van der Waals surface area (Å²) < 4.78 is 37.9.